The summed E-state index contributed by atoms with van der Waals surface area (Å²) in [6.07, 6.45) is 6.47. The molecule has 0 saturated heterocycles. The van der Waals surface area contributed by atoms with Crippen LogP contribution < -0.4 is 5.32 Å². The number of benzene rings is 2. The SMILES string of the molecule is CSc1ccc(Cc2sc(NC(C)=O)nc2C=Cc2ccc([N+](=O)[O-])cc2)cc1. The molecule has 29 heavy (non-hydrogen) atoms. The third kappa shape index (κ3) is 5.75. The fourth-order valence-electron chi connectivity index (χ4n) is 2.64. The van der Waals surface area contributed by atoms with Crippen LogP contribution in [-0.2, 0) is 11.2 Å². The maximum Gasteiger partial charge on any atom is 0.269 e. The molecular formula is C21H19N3O3S2. The van der Waals surface area contributed by atoms with Crippen molar-refractivity contribution in [3.05, 3.63) is 80.3 Å². The summed E-state index contributed by atoms with van der Waals surface area (Å²) in [5.41, 5.74) is 2.81. The molecule has 0 unspecified atom stereocenters. The van der Waals surface area contributed by atoms with Crippen LogP contribution in [0.5, 0.6) is 0 Å². The molecule has 1 heterocycles. The van der Waals surface area contributed by atoms with Crippen LogP contribution >= 0.6 is 23.1 Å². The largest absolute Gasteiger partial charge is 0.302 e. The summed E-state index contributed by atoms with van der Waals surface area (Å²) in [6.45, 7) is 1.45. The Labute approximate surface area is 176 Å². The van der Waals surface area contributed by atoms with Crippen LogP contribution in [0.2, 0.25) is 0 Å². The number of nitrogens with one attached hydrogen (secondary N) is 1. The maximum absolute atomic E-state index is 11.4. The van der Waals surface area contributed by atoms with Crippen LogP contribution in [0, 0.1) is 10.1 Å². The lowest BCUT2D eigenvalue weighted by molar-refractivity contribution is -0.384. The average molecular weight is 426 g/mol. The number of thioether (sulfide) groups is 1. The van der Waals surface area contributed by atoms with E-state index in [2.05, 4.69) is 34.6 Å². The Bertz CT molecular complexity index is 1040. The first kappa shape index (κ1) is 20.8. The van der Waals surface area contributed by atoms with Crippen molar-refractivity contribution in [2.24, 2.45) is 0 Å². The van der Waals surface area contributed by atoms with Gasteiger partial charge < -0.3 is 5.32 Å². The Morgan fingerprint density at radius 1 is 1.17 bits per heavy atom. The van der Waals surface area contributed by atoms with Crippen molar-refractivity contribution >= 4 is 52.0 Å². The lowest BCUT2D eigenvalue weighted by Crippen LogP contribution is -2.04. The molecule has 0 aliphatic heterocycles. The molecule has 0 saturated carbocycles. The van der Waals surface area contributed by atoms with Gasteiger partial charge in [-0.2, -0.15) is 0 Å². The smallest absolute Gasteiger partial charge is 0.269 e. The Kier molecular flexibility index (Phi) is 6.79. The molecule has 6 nitrogen and oxygen atoms in total. The van der Waals surface area contributed by atoms with Crippen molar-refractivity contribution in [2.75, 3.05) is 11.6 Å². The minimum absolute atomic E-state index is 0.0538. The van der Waals surface area contributed by atoms with Gasteiger partial charge in [0.2, 0.25) is 5.91 Å². The summed E-state index contributed by atoms with van der Waals surface area (Å²) < 4.78 is 0. The first-order valence-corrected chi connectivity index (χ1v) is 10.8. The first-order chi connectivity index (χ1) is 13.9. The highest BCUT2D eigenvalue weighted by atomic mass is 32.2. The van der Waals surface area contributed by atoms with E-state index in [9.17, 15) is 14.9 Å². The highest BCUT2D eigenvalue weighted by Crippen LogP contribution is 2.28. The molecule has 0 spiro atoms. The second-order valence-corrected chi connectivity index (χ2v) is 8.18. The summed E-state index contributed by atoms with van der Waals surface area (Å²) in [4.78, 5) is 28.5. The summed E-state index contributed by atoms with van der Waals surface area (Å²) in [7, 11) is 0. The number of thiazole rings is 1. The highest BCUT2D eigenvalue weighted by molar-refractivity contribution is 7.98. The fraction of sp³-hybridized carbons (Fsp3) is 0.143. The number of rotatable bonds is 7. The second kappa shape index (κ2) is 9.49. The number of aromatic nitrogens is 1. The van der Waals surface area contributed by atoms with Gasteiger partial charge in [0.1, 0.15) is 0 Å². The number of carbonyl (C=O) groups is 1. The van der Waals surface area contributed by atoms with Gasteiger partial charge in [0.15, 0.2) is 5.13 Å². The minimum atomic E-state index is -0.423. The Hall–Kier alpha value is -2.97. The van der Waals surface area contributed by atoms with Gasteiger partial charge in [-0.15, -0.1) is 23.1 Å². The van der Waals surface area contributed by atoms with Gasteiger partial charge in [-0.05, 0) is 47.7 Å². The molecule has 148 valence electrons. The van der Waals surface area contributed by atoms with Crippen LogP contribution in [0.15, 0.2) is 53.4 Å². The van der Waals surface area contributed by atoms with Gasteiger partial charge in [0, 0.05) is 35.2 Å². The summed E-state index contributed by atoms with van der Waals surface area (Å²) in [5, 5.41) is 14.1. The monoisotopic (exact) mass is 425 g/mol. The number of amides is 1. The van der Waals surface area contributed by atoms with Crippen molar-refractivity contribution < 1.29 is 9.72 Å². The molecule has 2 aromatic carbocycles. The maximum atomic E-state index is 11.4. The van der Waals surface area contributed by atoms with Crippen LogP contribution in [0.1, 0.15) is 28.6 Å². The number of nitro groups is 1. The summed E-state index contributed by atoms with van der Waals surface area (Å²) in [5.74, 6) is -0.166. The number of non-ortho nitro benzene ring substituents is 1. The average Bonchev–Trinajstić information content (AvgIpc) is 3.07. The molecule has 3 rings (SSSR count). The van der Waals surface area contributed by atoms with Crippen LogP contribution in [0.3, 0.4) is 0 Å². The summed E-state index contributed by atoms with van der Waals surface area (Å²) >= 11 is 3.14. The Morgan fingerprint density at radius 3 is 2.45 bits per heavy atom. The van der Waals surface area contributed by atoms with Crippen molar-refractivity contribution in [3.63, 3.8) is 0 Å². The number of hydrogen-bond acceptors (Lipinski definition) is 6. The zero-order valence-corrected chi connectivity index (χ0v) is 17.5. The number of nitro benzene ring substituents is 1. The van der Waals surface area contributed by atoms with Crippen LogP contribution in [0.4, 0.5) is 10.8 Å². The van der Waals surface area contributed by atoms with Gasteiger partial charge in [0.05, 0.1) is 10.6 Å². The van der Waals surface area contributed by atoms with Gasteiger partial charge in [-0.25, -0.2) is 4.98 Å². The lowest BCUT2D eigenvalue weighted by atomic mass is 10.1. The van der Waals surface area contributed by atoms with Crippen molar-refractivity contribution in [3.8, 4) is 0 Å². The van der Waals surface area contributed by atoms with E-state index >= 15 is 0 Å². The van der Waals surface area contributed by atoms with Gasteiger partial charge >= 0.3 is 0 Å². The molecule has 0 atom stereocenters. The molecule has 0 bridgehead atoms. The van der Waals surface area contributed by atoms with Crippen molar-refractivity contribution in [1.29, 1.82) is 0 Å². The molecular weight excluding hydrogens is 406 g/mol. The van der Waals surface area contributed by atoms with Crippen LogP contribution in [-0.4, -0.2) is 22.1 Å². The third-order valence-corrected chi connectivity index (χ3v) is 5.80. The Balaban J connectivity index is 1.85. The third-order valence-electron chi connectivity index (χ3n) is 4.07. The molecule has 1 amide bonds. The van der Waals surface area contributed by atoms with Gasteiger partial charge in [-0.1, -0.05) is 18.2 Å². The first-order valence-electron chi connectivity index (χ1n) is 8.77. The normalized spacial score (nSPS) is 11.0. The van der Waals surface area contributed by atoms with E-state index in [0.29, 0.717) is 11.6 Å². The minimum Gasteiger partial charge on any atom is -0.302 e. The topological polar surface area (TPSA) is 85.1 Å². The van der Waals surface area contributed by atoms with E-state index in [1.165, 1.54) is 35.3 Å². The van der Waals surface area contributed by atoms with Crippen molar-refractivity contribution in [1.82, 2.24) is 4.98 Å². The Morgan fingerprint density at radius 2 is 1.86 bits per heavy atom. The standard InChI is InChI=1S/C21H19N3O3S2/c1-14(25)22-21-23-19(12-7-15-3-8-17(9-4-15)24(26)27)20(29-21)13-16-5-10-18(28-2)11-6-16/h3-12H,13H2,1-2H3,(H,22,23,25). The van der Waals surface area contributed by atoms with E-state index < -0.39 is 4.92 Å². The summed E-state index contributed by atoms with van der Waals surface area (Å²) in [6, 6.07) is 14.7. The quantitative estimate of drug-likeness (QED) is 0.307. The molecule has 1 aromatic heterocycles. The zero-order valence-electron chi connectivity index (χ0n) is 15.9. The zero-order chi connectivity index (χ0) is 20.8. The molecule has 0 aliphatic carbocycles. The van der Waals surface area contributed by atoms with E-state index in [0.717, 1.165) is 21.7 Å². The number of nitrogens with zero attached hydrogens (tertiary/aromatic N) is 2. The molecule has 0 fully saturated rings. The molecule has 1 N–H and O–H groups in total. The molecule has 0 radical (unpaired) electrons. The van der Waals surface area contributed by atoms with E-state index in [1.54, 1.807) is 23.9 Å². The van der Waals surface area contributed by atoms with Gasteiger partial charge in [0.25, 0.3) is 5.69 Å². The molecule has 3 aromatic rings. The lowest BCUT2D eigenvalue weighted by Gasteiger charge is -2.02. The van der Waals surface area contributed by atoms with Crippen molar-refractivity contribution in [2.45, 2.75) is 18.2 Å². The molecule has 0 aliphatic rings. The van der Waals surface area contributed by atoms with Crippen LogP contribution in [0.25, 0.3) is 12.2 Å². The predicted molar refractivity (Wildman–Crippen MR) is 119 cm³/mol. The highest BCUT2D eigenvalue weighted by Gasteiger charge is 2.11. The number of hydrogen-bond donors (Lipinski definition) is 1. The van der Waals surface area contributed by atoms with E-state index in [1.807, 2.05) is 18.4 Å². The number of anilines is 1. The van der Waals surface area contributed by atoms with Gasteiger partial charge in [-0.3, -0.25) is 14.9 Å². The second-order valence-electron chi connectivity index (χ2n) is 6.22. The van der Waals surface area contributed by atoms with E-state index in [4.69, 9.17) is 0 Å². The van der Waals surface area contributed by atoms with E-state index in [-0.39, 0.29) is 11.6 Å². The number of carbonyl (C=O) groups excluding carboxylic acids is 1. The predicted octanol–water partition coefficient (Wildman–Crippen LogP) is 5.49. The fourth-order valence-corrected chi connectivity index (χ4v) is 4.07. The molecule has 8 heteroatoms.